The summed E-state index contributed by atoms with van der Waals surface area (Å²) < 4.78 is 38.0. The topological polar surface area (TPSA) is 113 Å². The minimum Gasteiger partial charge on any atom is -0.296 e. The van der Waals surface area contributed by atoms with Crippen molar-refractivity contribution < 1.29 is 18.0 Å². The molecule has 11 heteroatoms. The second-order valence-electron chi connectivity index (χ2n) is 4.18. The van der Waals surface area contributed by atoms with Gasteiger partial charge in [0, 0.05) is 6.92 Å². The Hall–Kier alpha value is -2.59. The molecule has 21 heavy (non-hydrogen) atoms. The molecule has 2 aromatic heterocycles. The zero-order valence-electron chi connectivity index (χ0n) is 10.6. The van der Waals surface area contributed by atoms with Gasteiger partial charge < -0.3 is 0 Å². The van der Waals surface area contributed by atoms with Gasteiger partial charge in [0.15, 0.2) is 17.3 Å². The van der Waals surface area contributed by atoms with Crippen molar-refractivity contribution >= 4 is 23.0 Å². The third kappa shape index (κ3) is 2.95. The molecule has 0 aromatic carbocycles. The third-order valence-corrected chi connectivity index (χ3v) is 2.56. The quantitative estimate of drug-likeness (QED) is 0.736. The molecule has 3 N–H and O–H groups in total. The average Bonchev–Trinajstić information content (AvgIpc) is 2.65. The standard InChI is InChI=1S/C10H10F3N5O3/c1-3(19)14-9-15-7-5(8(20)17-9)18(10(21)16-7)2-4(11)6(12)13/h4,6H,2H2,1H3,(H3,14,15,16,17,19,20,21). The van der Waals surface area contributed by atoms with Gasteiger partial charge in [-0.3, -0.25) is 29.4 Å². The van der Waals surface area contributed by atoms with Gasteiger partial charge in [0.1, 0.15) is 0 Å². The second-order valence-corrected chi connectivity index (χ2v) is 4.18. The Bertz CT molecular complexity index is 793. The molecule has 1 atom stereocenters. The fraction of sp³-hybridized carbons (Fsp3) is 0.400. The Kier molecular flexibility index (Phi) is 3.82. The highest BCUT2D eigenvalue weighted by atomic mass is 19.3. The first-order valence-electron chi connectivity index (χ1n) is 5.72. The molecule has 1 amide bonds. The summed E-state index contributed by atoms with van der Waals surface area (Å²) in [6.07, 6.45) is -5.89. The number of aromatic amines is 2. The van der Waals surface area contributed by atoms with Crippen molar-refractivity contribution in [3.05, 3.63) is 20.8 Å². The Labute approximate surface area is 114 Å². The van der Waals surface area contributed by atoms with Crippen LogP contribution in [0.1, 0.15) is 6.92 Å². The van der Waals surface area contributed by atoms with Crippen LogP contribution in [0.25, 0.3) is 11.2 Å². The van der Waals surface area contributed by atoms with Gasteiger partial charge in [-0.05, 0) is 0 Å². The fourth-order valence-corrected chi connectivity index (χ4v) is 1.73. The number of alkyl halides is 3. The van der Waals surface area contributed by atoms with Crippen LogP contribution in [0, 0.1) is 0 Å². The normalized spacial score (nSPS) is 12.8. The molecule has 0 aliphatic heterocycles. The Morgan fingerprint density at radius 1 is 1.33 bits per heavy atom. The molecule has 0 fully saturated rings. The van der Waals surface area contributed by atoms with Gasteiger partial charge in [-0.15, -0.1) is 0 Å². The number of halogens is 3. The van der Waals surface area contributed by atoms with Crippen molar-refractivity contribution in [1.29, 1.82) is 0 Å². The molecule has 0 saturated heterocycles. The zero-order valence-corrected chi connectivity index (χ0v) is 10.6. The molecule has 1 unspecified atom stereocenters. The summed E-state index contributed by atoms with van der Waals surface area (Å²) in [4.78, 5) is 42.3. The van der Waals surface area contributed by atoms with Gasteiger partial charge in [-0.25, -0.2) is 18.0 Å². The van der Waals surface area contributed by atoms with Crippen LogP contribution < -0.4 is 16.6 Å². The van der Waals surface area contributed by atoms with Crippen LogP contribution in [0.2, 0.25) is 0 Å². The fourth-order valence-electron chi connectivity index (χ4n) is 1.73. The summed E-state index contributed by atoms with van der Waals surface area (Å²) in [5.41, 5.74) is -2.44. The Morgan fingerprint density at radius 3 is 2.57 bits per heavy atom. The number of rotatable bonds is 4. The summed E-state index contributed by atoms with van der Waals surface area (Å²) in [6, 6.07) is 0. The molecule has 114 valence electrons. The maximum Gasteiger partial charge on any atom is 0.327 e. The number of imidazole rings is 1. The highest BCUT2D eigenvalue weighted by Gasteiger charge is 2.23. The number of aromatic nitrogens is 4. The number of anilines is 1. The van der Waals surface area contributed by atoms with E-state index in [1.54, 1.807) is 0 Å². The lowest BCUT2D eigenvalue weighted by Gasteiger charge is -2.07. The number of hydrogen-bond donors (Lipinski definition) is 3. The number of carbonyl (C=O) groups excluding carboxylic acids is 1. The molecule has 8 nitrogen and oxygen atoms in total. The van der Waals surface area contributed by atoms with E-state index in [-0.39, 0.29) is 17.1 Å². The predicted octanol–water partition coefficient (Wildman–Crippen LogP) is -0.0255. The van der Waals surface area contributed by atoms with Gasteiger partial charge in [0.2, 0.25) is 11.9 Å². The first-order valence-corrected chi connectivity index (χ1v) is 5.72. The van der Waals surface area contributed by atoms with E-state index in [9.17, 15) is 27.6 Å². The summed E-state index contributed by atoms with van der Waals surface area (Å²) in [5.74, 6) is -0.736. The van der Waals surface area contributed by atoms with Gasteiger partial charge in [0.05, 0.1) is 6.54 Å². The third-order valence-electron chi connectivity index (χ3n) is 2.56. The predicted molar refractivity (Wildman–Crippen MR) is 66.2 cm³/mol. The van der Waals surface area contributed by atoms with Gasteiger partial charge in [0.25, 0.3) is 12.0 Å². The number of nitrogens with one attached hydrogen (secondary N) is 3. The van der Waals surface area contributed by atoms with Crippen LogP contribution in [-0.4, -0.2) is 38.0 Å². The SMILES string of the molecule is CC(=O)Nc1nc2[nH]c(=O)n(CC(F)C(F)F)c2c(=O)[nH]1. The Balaban J connectivity index is 2.54. The molecular weight excluding hydrogens is 295 g/mol. The van der Waals surface area contributed by atoms with E-state index in [0.717, 1.165) is 0 Å². The number of carbonyl (C=O) groups is 1. The molecule has 0 bridgehead atoms. The first kappa shape index (κ1) is 14.8. The van der Waals surface area contributed by atoms with Crippen LogP contribution >= 0.6 is 0 Å². The van der Waals surface area contributed by atoms with E-state index in [1.807, 2.05) is 0 Å². The van der Waals surface area contributed by atoms with E-state index in [4.69, 9.17) is 0 Å². The lowest BCUT2D eigenvalue weighted by Crippen LogP contribution is -2.28. The van der Waals surface area contributed by atoms with Crippen LogP contribution in [0.15, 0.2) is 9.59 Å². The van der Waals surface area contributed by atoms with Crippen molar-refractivity contribution in [3.8, 4) is 0 Å². The van der Waals surface area contributed by atoms with Crippen LogP contribution in [0.4, 0.5) is 19.1 Å². The minimum atomic E-state index is -3.28. The number of H-pyrrole nitrogens is 2. The van der Waals surface area contributed by atoms with E-state index in [1.165, 1.54) is 6.92 Å². The van der Waals surface area contributed by atoms with Gasteiger partial charge in [-0.1, -0.05) is 0 Å². The highest BCUT2D eigenvalue weighted by Crippen LogP contribution is 2.10. The summed E-state index contributed by atoms with van der Waals surface area (Å²) in [7, 11) is 0. The second kappa shape index (κ2) is 5.42. The summed E-state index contributed by atoms with van der Waals surface area (Å²) in [6.45, 7) is 0.190. The maximum atomic E-state index is 13.1. The van der Waals surface area contributed by atoms with E-state index in [2.05, 4.69) is 20.3 Å². The summed E-state index contributed by atoms with van der Waals surface area (Å²) >= 11 is 0. The molecule has 2 heterocycles. The minimum absolute atomic E-state index is 0.223. The van der Waals surface area contributed by atoms with Crippen molar-refractivity contribution in [2.45, 2.75) is 26.1 Å². The molecular formula is C10H10F3N5O3. The number of hydrogen-bond acceptors (Lipinski definition) is 4. The van der Waals surface area contributed by atoms with Crippen LogP contribution in [-0.2, 0) is 11.3 Å². The number of fused-ring (bicyclic) bond motifs is 1. The molecule has 2 rings (SSSR count). The molecule has 0 saturated carbocycles. The first-order chi connectivity index (χ1) is 9.79. The lowest BCUT2D eigenvalue weighted by molar-refractivity contribution is -0.114. The van der Waals surface area contributed by atoms with E-state index in [0.29, 0.717) is 4.57 Å². The molecule has 0 radical (unpaired) electrons. The monoisotopic (exact) mass is 305 g/mol. The molecule has 2 aromatic rings. The molecule has 0 aliphatic carbocycles. The summed E-state index contributed by atoms with van der Waals surface area (Å²) in [5, 5.41) is 2.19. The maximum absolute atomic E-state index is 13.1. The van der Waals surface area contributed by atoms with Crippen LogP contribution in [0.3, 0.4) is 0 Å². The smallest absolute Gasteiger partial charge is 0.296 e. The van der Waals surface area contributed by atoms with Crippen molar-refractivity contribution in [2.75, 3.05) is 5.32 Å². The van der Waals surface area contributed by atoms with Gasteiger partial charge in [-0.2, -0.15) is 4.98 Å². The van der Waals surface area contributed by atoms with Crippen molar-refractivity contribution in [1.82, 2.24) is 19.5 Å². The molecule has 0 aliphatic rings. The molecule has 0 spiro atoms. The van der Waals surface area contributed by atoms with E-state index >= 15 is 0 Å². The lowest BCUT2D eigenvalue weighted by atomic mass is 10.4. The highest BCUT2D eigenvalue weighted by molar-refractivity contribution is 5.87. The number of nitrogens with zero attached hydrogens (tertiary/aromatic N) is 2. The zero-order chi connectivity index (χ0) is 15.7. The Morgan fingerprint density at radius 2 is 2.00 bits per heavy atom. The van der Waals surface area contributed by atoms with Crippen molar-refractivity contribution in [3.63, 3.8) is 0 Å². The van der Waals surface area contributed by atoms with Crippen LogP contribution in [0.5, 0.6) is 0 Å². The van der Waals surface area contributed by atoms with E-state index < -0.39 is 36.3 Å². The number of amides is 1. The van der Waals surface area contributed by atoms with Gasteiger partial charge >= 0.3 is 5.69 Å². The largest absolute Gasteiger partial charge is 0.327 e. The van der Waals surface area contributed by atoms with Crippen molar-refractivity contribution in [2.24, 2.45) is 0 Å². The average molecular weight is 305 g/mol.